The van der Waals surface area contributed by atoms with Crippen LogP contribution in [0.5, 0.6) is 0 Å². The van der Waals surface area contributed by atoms with Crippen LogP contribution in [0.15, 0.2) is 22.9 Å². The van der Waals surface area contributed by atoms with Crippen molar-refractivity contribution in [2.24, 2.45) is 5.92 Å². The fourth-order valence-corrected chi connectivity index (χ4v) is 3.70. The molecular formula is C17H19N3O3. The zero-order chi connectivity index (χ0) is 16.0. The van der Waals surface area contributed by atoms with Crippen LogP contribution in [0, 0.1) is 5.92 Å². The number of piperidine rings is 3. The van der Waals surface area contributed by atoms with Crippen molar-refractivity contribution in [2.75, 3.05) is 19.6 Å². The van der Waals surface area contributed by atoms with Gasteiger partial charge in [0.05, 0.1) is 11.8 Å². The van der Waals surface area contributed by atoms with E-state index < -0.39 is 0 Å². The van der Waals surface area contributed by atoms with E-state index in [9.17, 15) is 9.59 Å². The van der Waals surface area contributed by atoms with E-state index in [1.165, 1.54) is 19.4 Å². The number of aromatic nitrogens is 1. The van der Waals surface area contributed by atoms with Crippen molar-refractivity contribution >= 4 is 22.7 Å². The Morgan fingerprint density at radius 2 is 2.13 bits per heavy atom. The van der Waals surface area contributed by atoms with Gasteiger partial charge in [-0.25, -0.2) is 4.98 Å². The second kappa shape index (κ2) is 5.45. The largest absolute Gasteiger partial charge is 0.462 e. The molecule has 0 saturated carbocycles. The third kappa shape index (κ3) is 2.53. The van der Waals surface area contributed by atoms with Gasteiger partial charge in [-0.1, -0.05) is 0 Å². The highest BCUT2D eigenvalue weighted by Gasteiger charge is 2.35. The number of hydrogen-bond donors (Lipinski definition) is 1. The van der Waals surface area contributed by atoms with Crippen molar-refractivity contribution < 1.29 is 14.0 Å². The fourth-order valence-electron chi connectivity index (χ4n) is 3.70. The number of nitrogens with one attached hydrogen (secondary N) is 1. The van der Waals surface area contributed by atoms with E-state index >= 15 is 0 Å². The maximum Gasteiger partial charge on any atom is 0.270 e. The van der Waals surface area contributed by atoms with Crippen LogP contribution < -0.4 is 5.32 Å². The third-order valence-electron chi connectivity index (χ3n) is 5.05. The van der Waals surface area contributed by atoms with Gasteiger partial charge in [-0.15, -0.1) is 0 Å². The monoisotopic (exact) mass is 313 g/mol. The molecule has 6 nitrogen and oxygen atoms in total. The van der Waals surface area contributed by atoms with Gasteiger partial charge >= 0.3 is 0 Å². The summed E-state index contributed by atoms with van der Waals surface area (Å²) in [4.78, 5) is 30.7. The quantitative estimate of drug-likeness (QED) is 0.875. The van der Waals surface area contributed by atoms with Crippen molar-refractivity contribution in [1.29, 1.82) is 0 Å². The molecule has 5 rings (SSSR count). The molecule has 3 aliphatic heterocycles. The zero-order valence-corrected chi connectivity index (χ0v) is 13.0. The average Bonchev–Trinajstić information content (AvgIpc) is 2.99. The molecule has 3 saturated heterocycles. The Balaban J connectivity index is 1.57. The van der Waals surface area contributed by atoms with E-state index in [0.717, 1.165) is 32.5 Å². The first kappa shape index (κ1) is 14.4. The number of pyridine rings is 1. The predicted molar refractivity (Wildman–Crippen MR) is 84.4 cm³/mol. The molecule has 1 amide bonds. The molecule has 5 heterocycles. The van der Waals surface area contributed by atoms with E-state index in [4.69, 9.17) is 4.42 Å². The third-order valence-corrected chi connectivity index (χ3v) is 5.05. The van der Waals surface area contributed by atoms with Crippen molar-refractivity contribution in [3.05, 3.63) is 29.8 Å². The summed E-state index contributed by atoms with van der Waals surface area (Å²) in [7, 11) is 0. The van der Waals surface area contributed by atoms with Gasteiger partial charge in [0.2, 0.25) is 0 Å². The molecular weight excluding hydrogens is 294 g/mol. The van der Waals surface area contributed by atoms with E-state index in [1.807, 2.05) is 0 Å². The van der Waals surface area contributed by atoms with E-state index in [0.29, 0.717) is 28.1 Å². The maximum absolute atomic E-state index is 12.5. The van der Waals surface area contributed by atoms with Crippen LogP contribution in [-0.4, -0.2) is 47.3 Å². The summed E-state index contributed by atoms with van der Waals surface area (Å²) in [5, 5.41) is 3.76. The van der Waals surface area contributed by atoms with Crippen LogP contribution in [0.1, 0.15) is 40.6 Å². The van der Waals surface area contributed by atoms with Gasteiger partial charge in [0.15, 0.2) is 11.4 Å². The number of Topliss-reactive ketones (excluding diaryl/α,β-unsaturated/α-hetero) is 1. The standard InChI is InChI=1S/C17H19N3O3/c1-10(21)13-9-23-16-7-18-14(6-12(13)16)17(22)19-15-8-20-4-2-11(15)3-5-20/h6-7,9,11,15H,2-5,8H2,1H3,(H,19,22)/t15-/m0/s1. The molecule has 1 N–H and O–H groups in total. The molecule has 0 unspecified atom stereocenters. The minimum absolute atomic E-state index is 0.0845. The van der Waals surface area contributed by atoms with Crippen LogP contribution in [0.3, 0.4) is 0 Å². The molecule has 1 atom stereocenters. The number of furan rings is 1. The molecule has 2 aromatic heterocycles. The number of carbonyl (C=O) groups is 2. The van der Waals surface area contributed by atoms with Crippen LogP contribution in [0.25, 0.3) is 11.0 Å². The fraction of sp³-hybridized carbons (Fsp3) is 0.471. The SMILES string of the molecule is CC(=O)c1coc2cnc(C(=O)N[C@H]3CN4CCC3CC4)cc12. The summed E-state index contributed by atoms with van der Waals surface area (Å²) in [5.74, 6) is 0.300. The van der Waals surface area contributed by atoms with Gasteiger partial charge < -0.3 is 14.6 Å². The normalized spacial score (nSPS) is 26.4. The highest BCUT2D eigenvalue weighted by Crippen LogP contribution is 2.28. The highest BCUT2D eigenvalue weighted by molar-refractivity contribution is 6.07. The first-order valence-electron chi connectivity index (χ1n) is 8.03. The van der Waals surface area contributed by atoms with Crippen molar-refractivity contribution in [3.63, 3.8) is 0 Å². The van der Waals surface area contributed by atoms with E-state index in [2.05, 4.69) is 15.2 Å². The van der Waals surface area contributed by atoms with Gasteiger partial charge in [0.1, 0.15) is 12.0 Å². The summed E-state index contributed by atoms with van der Waals surface area (Å²) < 4.78 is 5.31. The molecule has 3 fully saturated rings. The Bertz CT molecular complexity index is 774. The highest BCUT2D eigenvalue weighted by atomic mass is 16.3. The number of hydrogen-bond acceptors (Lipinski definition) is 5. The Kier molecular flexibility index (Phi) is 3.41. The van der Waals surface area contributed by atoms with Crippen LogP contribution in [-0.2, 0) is 0 Å². The molecule has 2 aromatic rings. The van der Waals surface area contributed by atoms with E-state index in [1.54, 1.807) is 6.07 Å². The molecule has 2 bridgehead atoms. The number of carbonyl (C=O) groups excluding carboxylic acids is 2. The molecule has 0 aliphatic carbocycles. The van der Waals surface area contributed by atoms with Gasteiger partial charge in [0, 0.05) is 18.0 Å². The number of ketones is 1. The van der Waals surface area contributed by atoms with Crippen LogP contribution in [0.4, 0.5) is 0 Å². The lowest BCUT2D eigenvalue weighted by Crippen LogP contribution is -2.57. The van der Waals surface area contributed by atoms with Gasteiger partial charge in [-0.05, 0) is 44.8 Å². The lowest BCUT2D eigenvalue weighted by Gasteiger charge is -2.44. The molecule has 0 aromatic carbocycles. The number of amides is 1. The lowest BCUT2D eigenvalue weighted by molar-refractivity contribution is 0.0618. The van der Waals surface area contributed by atoms with Crippen LogP contribution in [0.2, 0.25) is 0 Å². The minimum Gasteiger partial charge on any atom is -0.462 e. The Hall–Kier alpha value is -2.21. The average molecular weight is 313 g/mol. The second-order valence-corrected chi connectivity index (χ2v) is 6.49. The summed E-state index contributed by atoms with van der Waals surface area (Å²) in [5.41, 5.74) is 1.34. The number of fused-ring (bicyclic) bond motifs is 4. The first-order chi connectivity index (χ1) is 11.1. The zero-order valence-electron chi connectivity index (χ0n) is 13.0. The summed E-state index contributed by atoms with van der Waals surface area (Å²) >= 11 is 0. The van der Waals surface area contributed by atoms with Crippen LogP contribution >= 0.6 is 0 Å². The predicted octanol–water partition coefficient (Wildman–Crippen LogP) is 1.85. The summed E-state index contributed by atoms with van der Waals surface area (Å²) in [6.07, 6.45) is 5.22. The van der Waals surface area contributed by atoms with Gasteiger partial charge in [-0.3, -0.25) is 9.59 Å². The summed E-state index contributed by atoms with van der Waals surface area (Å²) in [6.45, 7) is 4.68. The Morgan fingerprint density at radius 1 is 1.35 bits per heavy atom. The van der Waals surface area contributed by atoms with Crippen molar-refractivity contribution in [1.82, 2.24) is 15.2 Å². The Morgan fingerprint density at radius 3 is 2.78 bits per heavy atom. The molecule has 6 heteroatoms. The second-order valence-electron chi connectivity index (χ2n) is 6.49. The molecule has 3 aliphatic rings. The topological polar surface area (TPSA) is 75.4 Å². The first-order valence-corrected chi connectivity index (χ1v) is 8.03. The smallest absolute Gasteiger partial charge is 0.270 e. The van der Waals surface area contributed by atoms with Crippen molar-refractivity contribution in [2.45, 2.75) is 25.8 Å². The number of nitrogens with zero attached hydrogens (tertiary/aromatic N) is 2. The van der Waals surface area contributed by atoms with Gasteiger partial charge in [0.25, 0.3) is 5.91 Å². The van der Waals surface area contributed by atoms with Crippen molar-refractivity contribution in [3.8, 4) is 0 Å². The molecule has 23 heavy (non-hydrogen) atoms. The van der Waals surface area contributed by atoms with E-state index in [-0.39, 0.29) is 17.7 Å². The lowest BCUT2D eigenvalue weighted by atomic mass is 9.84. The minimum atomic E-state index is -0.179. The molecule has 0 radical (unpaired) electrons. The maximum atomic E-state index is 12.5. The van der Waals surface area contributed by atoms with Gasteiger partial charge in [-0.2, -0.15) is 0 Å². The molecule has 0 spiro atoms. The number of rotatable bonds is 3. The molecule has 120 valence electrons. The summed E-state index contributed by atoms with van der Waals surface area (Å²) in [6, 6.07) is 1.84. The Labute approximate surface area is 133 Å².